The van der Waals surface area contributed by atoms with Crippen LogP contribution >= 0.6 is 0 Å². The molecule has 0 aromatic carbocycles. The van der Waals surface area contributed by atoms with Crippen molar-refractivity contribution in [3.05, 3.63) is 0 Å². The maximum absolute atomic E-state index is 10.0. The number of rotatable bonds is 0. The van der Waals surface area contributed by atoms with Gasteiger partial charge in [0.1, 0.15) is 5.60 Å². The van der Waals surface area contributed by atoms with Crippen LogP contribution < -0.4 is 5.73 Å². The molecule has 2 N–H and O–H groups in total. The molecule has 2 fully saturated rings. The van der Waals surface area contributed by atoms with Gasteiger partial charge in [-0.1, -0.05) is 0 Å². The minimum Gasteiger partial charge on any atom is -0.444 e. The summed E-state index contributed by atoms with van der Waals surface area (Å²) in [6.45, 7) is 5.28. The Bertz CT molecular complexity index is 190. The minimum atomic E-state index is -0.725. The monoisotopic (exact) mass is 199 g/mol. The van der Waals surface area contributed by atoms with Crippen molar-refractivity contribution < 1.29 is 9.53 Å². The van der Waals surface area contributed by atoms with E-state index < -0.39 is 11.7 Å². The lowest BCUT2D eigenvalue weighted by Crippen LogP contribution is -2.34. The van der Waals surface area contributed by atoms with E-state index in [-0.39, 0.29) is 0 Å². The highest BCUT2D eigenvalue weighted by atomic mass is 16.6. The molecule has 0 saturated heterocycles. The summed E-state index contributed by atoms with van der Waals surface area (Å²) in [7, 11) is 0. The normalized spacial score (nSPS) is 28.5. The van der Waals surface area contributed by atoms with Gasteiger partial charge in [-0.05, 0) is 58.3 Å². The van der Waals surface area contributed by atoms with Gasteiger partial charge in [-0.2, -0.15) is 0 Å². The molecule has 2 aliphatic carbocycles. The largest absolute Gasteiger partial charge is 0.444 e. The van der Waals surface area contributed by atoms with Crippen LogP contribution in [0.5, 0.6) is 0 Å². The van der Waals surface area contributed by atoms with Crippen LogP contribution in [0.1, 0.15) is 46.5 Å². The molecule has 3 heteroatoms. The van der Waals surface area contributed by atoms with Crippen LogP contribution in [0.2, 0.25) is 0 Å². The Morgan fingerprint density at radius 1 is 1.14 bits per heavy atom. The van der Waals surface area contributed by atoms with Gasteiger partial charge in [-0.25, -0.2) is 4.79 Å². The number of carbonyl (C=O) groups excluding carboxylic acids is 1. The van der Waals surface area contributed by atoms with Crippen molar-refractivity contribution in [3.63, 3.8) is 0 Å². The molecule has 1 amide bonds. The summed E-state index contributed by atoms with van der Waals surface area (Å²) < 4.78 is 4.58. The second kappa shape index (κ2) is 4.20. The number of amides is 1. The summed E-state index contributed by atoms with van der Waals surface area (Å²) in [4.78, 5) is 10.0. The third-order valence-corrected chi connectivity index (χ3v) is 2.89. The third-order valence-electron chi connectivity index (χ3n) is 2.89. The van der Waals surface area contributed by atoms with E-state index in [9.17, 15) is 4.79 Å². The fourth-order valence-electron chi connectivity index (χ4n) is 1.87. The molecule has 0 heterocycles. The maximum atomic E-state index is 10.0. The van der Waals surface area contributed by atoms with Crippen LogP contribution in [0, 0.1) is 11.8 Å². The van der Waals surface area contributed by atoms with Gasteiger partial charge in [0.05, 0.1) is 0 Å². The minimum absolute atomic E-state index is 0.453. The van der Waals surface area contributed by atoms with Crippen molar-refractivity contribution >= 4 is 6.09 Å². The quantitative estimate of drug-likeness (QED) is 0.652. The molecule has 82 valence electrons. The number of carbonyl (C=O) groups is 1. The van der Waals surface area contributed by atoms with E-state index in [4.69, 9.17) is 5.73 Å². The van der Waals surface area contributed by atoms with Crippen molar-refractivity contribution in [2.75, 3.05) is 0 Å². The zero-order valence-electron chi connectivity index (χ0n) is 9.38. The number of hydrogen-bond acceptors (Lipinski definition) is 2. The molecule has 0 aromatic rings. The van der Waals surface area contributed by atoms with Crippen molar-refractivity contribution in [1.29, 1.82) is 0 Å². The van der Waals surface area contributed by atoms with E-state index in [1.165, 1.54) is 11.8 Å². The highest BCUT2D eigenvalue weighted by Gasteiger charge is 2.37. The number of hydrogen-bond donors (Lipinski definition) is 1. The molecule has 0 radical (unpaired) electrons. The summed E-state index contributed by atoms with van der Waals surface area (Å²) in [6.07, 6.45) is 5.52. The number of primary amides is 1. The first-order chi connectivity index (χ1) is 6.38. The summed E-state index contributed by atoms with van der Waals surface area (Å²) in [5.74, 6) is 2.43. The predicted octanol–water partition coefficient (Wildman–Crippen LogP) is 2.69. The molecule has 2 aliphatic rings. The molecule has 0 bridgehead atoms. The first-order valence-electron chi connectivity index (χ1n) is 5.37. The van der Waals surface area contributed by atoms with E-state index in [0.717, 1.165) is 0 Å². The first kappa shape index (κ1) is 11.3. The average Bonchev–Trinajstić information content (AvgIpc) is 1.92. The van der Waals surface area contributed by atoms with Crippen molar-refractivity contribution in [3.8, 4) is 0 Å². The SMILES string of the molecule is C1CC2CCC12.CC(C)(C)OC(N)=O. The molecule has 3 nitrogen and oxygen atoms in total. The Morgan fingerprint density at radius 2 is 1.50 bits per heavy atom. The Hall–Kier alpha value is -0.730. The Labute approximate surface area is 86.0 Å². The van der Waals surface area contributed by atoms with Gasteiger partial charge in [0.15, 0.2) is 0 Å². The van der Waals surface area contributed by atoms with Gasteiger partial charge in [0.2, 0.25) is 0 Å². The Kier molecular flexibility index (Phi) is 3.40. The molecule has 2 saturated carbocycles. The smallest absolute Gasteiger partial charge is 0.405 e. The topological polar surface area (TPSA) is 52.3 Å². The van der Waals surface area contributed by atoms with Gasteiger partial charge in [-0.15, -0.1) is 0 Å². The van der Waals surface area contributed by atoms with E-state index in [1.54, 1.807) is 46.5 Å². The van der Waals surface area contributed by atoms with Gasteiger partial charge in [0, 0.05) is 0 Å². The fraction of sp³-hybridized carbons (Fsp3) is 0.909. The molecule has 14 heavy (non-hydrogen) atoms. The van der Waals surface area contributed by atoms with Crippen LogP contribution in [0.4, 0.5) is 4.79 Å². The Balaban J connectivity index is 0.000000143. The zero-order valence-corrected chi connectivity index (χ0v) is 9.38. The van der Waals surface area contributed by atoms with Crippen LogP contribution in [0.3, 0.4) is 0 Å². The second-order valence-electron chi connectivity index (χ2n) is 5.21. The van der Waals surface area contributed by atoms with Crippen LogP contribution in [0.25, 0.3) is 0 Å². The highest BCUT2D eigenvalue weighted by molar-refractivity contribution is 5.65. The molecular weight excluding hydrogens is 178 g/mol. The summed E-state index contributed by atoms with van der Waals surface area (Å²) in [5, 5.41) is 0. The lowest BCUT2D eigenvalue weighted by molar-refractivity contribution is 0.0548. The Morgan fingerprint density at radius 3 is 1.50 bits per heavy atom. The van der Waals surface area contributed by atoms with Gasteiger partial charge >= 0.3 is 6.09 Å². The fourth-order valence-corrected chi connectivity index (χ4v) is 1.87. The van der Waals surface area contributed by atoms with Crippen LogP contribution in [0.15, 0.2) is 0 Å². The second-order valence-corrected chi connectivity index (χ2v) is 5.21. The predicted molar refractivity (Wildman–Crippen MR) is 55.9 cm³/mol. The van der Waals surface area contributed by atoms with Crippen molar-refractivity contribution in [1.82, 2.24) is 0 Å². The molecule has 0 aromatic heterocycles. The summed E-state index contributed by atoms with van der Waals surface area (Å²) in [5.41, 5.74) is 4.26. The highest BCUT2D eigenvalue weighted by Crippen LogP contribution is 2.49. The first-order valence-corrected chi connectivity index (χ1v) is 5.37. The summed E-state index contributed by atoms with van der Waals surface area (Å²) >= 11 is 0. The lowest BCUT2D eigenvalue weighted by atomic mass is 9.60. The van der Waals surface area contributed by atoms with Crippen LogP contribution in [-0.4, -0.2) is 11.7 Å². The van der Waals surface area contributed by atoms with E-state index in [2.05, 4.69) is 4.74 Å². The number of nitrogens with two attached hydrogens (primary N) is 1. The third kappa shape index (κ3) is 3.56. The average molecular weight is 199 g/mol. The van der Waals surface area contributed by atoms with E-state index in [0.29, 0.717) is 0 Å². The van der Waals surface area contributed by atoms with Gasteiger partial charge in [-0.3, -0.25) is 0 Å². The standard InChI is InChI=1S/C6H10.C5H11NO2/c1-2-6-4-3-5(1)6;1-5(2,3)8-4(6)7/h5-6H,1-4H2;1-3H3,(H2,6,7). The molecule has 0 spiro atoms. The van der Waals surface area contributed by atoms with E-state index >= 15 is 0 Å². The number of ether oxygens (including phenoxy) is 1. The summed E-state index contributed by atoms with van der Waals surface area (Å²) in [6, 6.07) is 0. The van der Waals surface area contributed by atoms with Gasteiger partial charge in [0.25, 0.3) is 0 Å². The van der Waals surface area contributed by atoms with E-state index in [1.807, 2.05) is 0 Å². The lowest BCUT2D eigenvalue weighted by Gasteiger charge is -2.46. The van der Waals surface area contributed by atoms with Gasteiger partial charge < -0.3 is 10.5 Å². The van der Waals surface area contributed by atoms with Crippen molar-refractivity contribution in [2.24, 2.45) is 17.6 Å². The molecule has 0 atom stereocenters. The number of fused-ring (bicyclic) bond motifs is 1. The van der Waals surface area contributed by atoms with Crippen LogP contribution in [-0.2, 0) is 4.74 Å². The van der Waals surface area contributed by atoms with Crippen molar-refractivity contribution in [2.45, 2.75) is 52.1 Å². The molecule has 2 rings (SSSR count). The zero-order chi connectivity index (χ0) is 10.8. The molecule has 0 unspecified atom stereocenters. The molecular formula is C11H21NO2. The molecule has 0 aliphatic heterocycles. The maximum Gasteiger partial charge on any atom is 0.405 e.